The Labute approximate surface area is 77.5 Å². The number of nitrogens with zero attached hydrogens (tertiary/aromatic N) is 1. The third-order valence-corrected chi connectivity index (χ3v) is 1.50. The van der Waals surface area contributed by atoms with Crippen molar-refractivity contribution in [1.82, 2.24) is 4.98 Å². The van der Waals surface area contributed by atoms with Gasteiger partial charge >= 0.3 is 6.36 Å². The zero-order chi connectivity index (χ0) is 10.8. The molecule has 1 aromatic rings. The number of carbonyl (C=O) groups is 1. The number of halogens is 3. The van der Waals surface area contributed by atoms with E-state index in [4.69, 9.17) is 0 Å². The minimum absolute atomic E-state index is 0.190. The van der Waals surface area contributed by atoms with Crippen LogP contribution in [0, 0.1) is 6.92 Å². The van der Waals surface area contributed by atoms with E-state index in [0.717, 1.165) is 6.20 Å². The van der Waals surface area contributed by atoms with Gasteiger partial charge in [-0.3, -0.25) is 4.79 Å². The van der Waals surface area contributed by atoms with Crippen molar-refractivity contribution in [3.05, 3.63) is 23.4 Å². The van der Waals surface area contributed by atoms with Crippen LogP contribution in [0.4, 0.5) is 13.2 Å². The minimum Gasteiger partial charge on any atom is -0.387 e. The molecule has 6 heteroatoms. The monoisotopic (exact) mass is 205 g/mol. The van der Waals surface area contributed by atoms with Crippen molar-refractivity contribution in [2.75, 3.05) is 0 Å². The summed E-state index contributed by atoms with van der Waals surface area (Å²) in [4.78, 5) is 13.8. The number of aldehydes is 1. The van der Waals surface area contributed by atoms with Gasteiger partial charge in [0.1, 0.15) is 0 Å². The number of aryl methyl sites for hydroxylation is 1. The van der Waals surface area contributed by atoms with E-state index in [9.17, 15) is 18.0 Å². The first-order valence-corrected chi connectivity index (χ1v) is 3.60. The Morgan fingerprint density at radius 3 is 2.64 bits per heavy atom. The van der Waals surface area contributed by atoms with Gasteiger partial charge in [0.15, 0.2) is 6.29 Å². The van der Waals surface area contributed by atoms with Crippen molar-refractivity contribution in [3.8, 4) is 5.88 Å². The predicted octanol–water partition coefficient (Wildman–Crippen LogP) is 2.10. The molecule has 0 aliphatic carbocycles. The summed E-state index contributed by atoms with van der Waals surface area (Å²) in [5.41, 5.74) is 0.194. The number of alkyl halides is 3. The topological polar surface area (TPSA) is 39.2 Å². The van der Waals surface area contributed by atoms with Gasteiger partial charge in [-0.15, -0.1) is 13.2 Å². The Morgan fingerprint density at radius 1 is 1.50 bits per heavy atom. The quantitative estimate of drug-likeness (QED) is 0.694. The van der Waals surface area contributed by atoms with Gasteiger partial charge in [-0.25, -0.2) is 4.98 Å². The molecule has 0 amide bonds. The van der Waals surface area contributed by atoms with Crippen LogP contribution in [-0.4, -0.2) is 17.6 Å². The highest BCUT2D eigenvalue weighted by molar-refractivity contribution is 5.80. The summed E-state index contributed by atoms with van der Waals surface area (Å²) in [6.07, 6.45) is -3.41. The van der Waals surface area contributed by atoms with E-state index in [1.54, 1.807) is 0 Å². The van der Waals surface area contributed by atoms with Crippen LogP contribution < -0.4 is 4.74 Å². The fourth-order valence-corrected chi connectivity index (χ4v) is 0.879. The standard InChI is InChI=1S/C8H6F3NO2/c1-5-2-3-12-7(6(5)4-13)14-8(9,10)11/h2-4H,1H3. The van der Waals surface area contributed by atoms with E-state index in [0.29, 0.717) is 5.56 Å². The average Bonchev–Trinajstić information content (AvgIpc) is 2.01. The zero-order valence-corrected chi connectivity index (χ0v) is 7.13. The van der Waals surface area contributed by atoms with Crippen molar-refractivity contribution >= 4 is 6.29 Å². The molecule has 76 valence electrons. The highest BCUT2D eigenvalue weighted by Crippen LogP contribution is 2.24. The van der Waals surface area contributed by atoms with Crippen molar-refractivity contribution in [3.63, 3.8) is 0 Å². The fourth-order valence-electron chi connectivity index (χ4n) is 0.879. The maximum absolute atomic E-state index is 11.8. The van der Waals surface area contributed by atoms with Crippen molar-refractivity contribution in [2.45, 2.75) is 13.3 Å². The Hall–Kier alpha value is -1.59. The second-order valence-electron chi connectivity index (χ2n) is 2.51. The van der Waals surface area contributed by atoms with E-state index in [2.05, 4.69) is 9.72 Å². The summed E-state index contributed by atoms with van der Waals surface area (Å²) >= 11 is 0. The first kappa shape index (κ1) is 10.5. The molecule has 0 spiro atoms. The second-order valence-corrected chi connectivity index (χ2v) is 2.51. The highest BCUT2D eigenvalue weighted by atomic mass is 19.4. The van der Waals surface area contributed by atoms with E-state index in [-0.39, 0.29) is 11.8 Å². The Kier molecular flexibility index (Phi) is 2.73. The van der Waals surface area contributed by atoms with Crippen molar-refractivity contribution in [2.24, 2.45) is 0 Å². The van der Waals surface area contributed by atoms with Gasteiger partial charge < -0.3 is 4.74 Å². The molecule has 0 fully saturated rings. The van der Waals surface area contributed by atoms with E-state index in [1.165, 1.54) is 13.0 Å². The lowest BCUT2D eigenvalue weighted by Crippen LogP contribution is -2.19. The predicted molar refractivity (Wildman–Crippen MR) is 41.0 cm³/mol. The van der Waals surface area contributed by atoms with Gasteiger partial charge in [0.25, 0.3) is 0 Å². The van der Waals surface area contributed by atoms with Crippen molar-refractivity contribution in [1.29, 1.82) is 0 Å². The molecule has 0 aliphatic heterocycles. The van der Waals surface area contributed by atoms with Crippen LogP contribution in [0.25, 0.3) is 0 Å². The van der Waals surface area contributed by atoms with Crippen LogP contribution in [0.1, 0.15) is 15.9 Å². The lowest BCUT2D eigenvalue weighted by Gasteiger charge is -2.10. The summed E-state index contributed by atoms with van der Waals surface area (Å²) in [6.45, 7) is 1.49. The summed E-state index contributed by atoms with van der Waals surface area (Å²) in [5.74, 6) is -0.715. The van der Waals surface area contributed by atoms with Crippen LogP contribution in [0.5, 0.6) is 5.88 Å². The number of pyridine rings is 1. The largest absolute Gasteiger partial charge is 0.574 e. The van der Waals surface area contributed by atoms with Crippen LogP contribution >= 0.6 is 0 Å². The average molecular weight is 205 g/mol. The molecule has 0 aromatic carbocycles. The highest BCUT2D eigenvalue weighted by Gasteiger charge is 2.33. The van der Waals surface area contributed by atoms with Crippen LogP contribution in [0.3, 0.4) is 0 Å². The van der Waals surface area contributed by atoms with Crippen LogP contribution in [0.2, 0.25) is 0 Å². The Morgan fingerprint density at radius 2 is 2.14 bits per heavy atom. The number of aromatic nitrogens is 1. The summed E-state index contributed by atoms with van der Waals surface area (Å²) in [7, 11) is 0. The Bertz CT molecular complexity index is 349. The summed E-state index contributed by atoms with van der Waals surface area (Å²) in [5, 5.41) is 0. The molecule has 0 bridgehead atoms. The summed E-state index contributed by atoms with van der Waals surface area (Å²) in [6, 6.07) is 1.42. The normalized spacial score (nSPS) is 11.1. The van der Waals surface area contributed by atoms with Gasteiger partial charge in [-0.2, -0.15) is 0 Å². The molecule has 14 heavy (non-hydrogen) atoms. The first-order valence-electron chi connectivity index (χ1n) is 3.60. The SMILES string of the molecule is Cc1ccnc(OC(F)(F)F)c1C=O. The van der Waals surface area contributed by atoms with E-state index < -0.39 is 12.2 Å². The molecule has 1 aromatic heterocycles. The third-order valence-electron chi connectivity index (χ3n) is 1.50. The van der Waals surface area contributed by atoms with Gasteiger partial charge in [-0.05, 0) is 18.6 Å². The Balaban J connectivity index is 3.08. The lowest BCUT2D eigenvalue weighted by atomic mass is 10.2. The van der Waals surface area contributed by atoms with Gasteiger partial charge in [-0.1, -0.05) is 0 Å². The number of rotatable bonds is 2. The number of ether oxygens (including phenoxy) is 1. The number of hydrogen-bond donors (Lipinski definition) is 0. The fraction of sp³-hybridized carbons (Fsp3) is 0.250. The second kappa shape index (κ2) is 3.65. The van der Waals surface area contributed by atoms with E-state index in [1.807, 2.05) is 0 Å². The molecule has 1 heterocycles. The smallest absolute Gasteiger partial charge is 0.387 e. The zero-order valence-electron chi connectivity index (χ0n) is 7.13. The molecule has 0 unspecified atom stereocenters. The number of hydrogen-bond acceptors (Lipinski definition) is 3. The first-order chi connectivity index (χ1) is 6.44. The van der Waals surface area contributed by atoms with E-state index >= 15 is 0 Å². The van der Waals surface area contributed by atoms with Gasteiger partial charge in [0.05, 0.1) is 5.56 Å². The molecule has 1 rings (SSSR count). The molecule has 0 radical (unpaired) electrons. The molecular formula is C8H6F3NO2. The summed E-state index contributed by atoms with van der Waals surface area (Å²) < 4.78 is 39.0. The molecule has 0 saturated heterocycles. The minimum atomic E-state index is -4.83. The number of carbonyl (C=O) groups excluding carboxylic acids is 1. The molecule has 0 N–H and O–H groups in total. The van der Waals surface area contributed by atoms with Gasteiger partial charge in [0.2, 0.25) is 5.88 Å². The molecule has 0 saturated carbocycles. The third kappa shape index (κ3) is 2.45. The van der Waals surface area contributed by atoms with Gasteiger partial charge in [0, 0.05) is 6.20 Å². The molecule has 0 atom stereocenters. The van der Waals surface area contributed by atoms with Crippen LogP contribution in [0.15, 0.2) is 12.3 Å². The van der Waals surface area contributed by atoms with Crippen molar-refractivity contribution < 1.29 is 22.7 Å². The molecule has 3 nitrogen and oxygen atoms in total. The lowest BCUT2D eigenvalue weighted by molar-refractivity contribution is -0.276. The molecule has 0 aliphatic rings. The maximum atomic E-state index is 11.8. The maximum Gasteiger partial charge on any atom is 0.574 e. The molecular weight excluding hydrogens is 199 g/mol. The van der Waals surface area contributed by atoms with Crippen LogP contribution in [-0.2, 0) is 0 Å².